The van der Waals surface area contributed by atoms with Crippen molar-refractivity contribution in [3.05, 3.63) is 30.1 Å². The van der Waals surface area contributed by atoms with Crippen molar-refractivity contribution < 1.29 is 0 Å². The minimum Gasteiger partial charge on any atom is -0.314 e. The lowest BCUT2D eigenvalue weighted by atomic mass is 10.00. The van der Waals surface area contributed by atoms with Crippen LogP contribution in [0, 0.1) is 5.92 Å². The summed E-state index contributed by atoms with van der Waals surface area (Å²) >= 11 is 0. The number of hydrogen-bond donors (Lipinski definition) is 1. The normalized spacial score (nSPS) is 21.9. The molecule has 1 aromatic rings. The Morgan fingerprint density at radius 2 is 2.41 bits per heavy atom. The second-order valence-electron chi connectivity index (χ2n) is 5.16. The summed E-state index contributed by atoms with van der Waals surface area (Å²) in [6.07, 6.45) is 4.93. The van der Waals surface area contributed by atoms with E-state index in [1.807, 2.05) is 18.5 Å². The fourth-order valence-electron chi connectivity index (χ4n) is 2.52. The molecule has 17 heavy (non-hydrogen) atoms. The zero-order valence-electron chi connectivity index (χ0n) is 10.9. The van der Waals surface area contributed by atoms with Crippen molar-refractivity contribution >= 4 is 0 Å². The third kappa shape index (κ3) is 3.51. The second kappa shape index (κ2) is 6.12. The number of nitrogens with one attached hydrogen (secondary N) is 1. The molecule has 0 radical (unpaired) electrons. The van der Waals surface area contributed by atoms with Gasteiger partial charge in [-0.25, -0.2) is 0 Å². The van der Waals surface area contributed by atoms with E-state index in [0.29, 0.717) is 6.04 Å². The minimum absolute atomic E-state index is 0.681. The molecule has 0 saturated carbocycles. The summed E-state index contributed by atoms with van der Waals surface area (Å²) in [5.74, 6) is 0.719. The standard InChI is InChI=1S/C14H23N3/c1-12(2)14-11-16-7-9-17(14)8-5-13-4-3-6-15-10-13/h3-4,6,10,12,14,16H,5,7-9,11H2,1-2H3. The van der Waals surface area contributed by atoms with Crippen LogP contribution in [0.1, 0.15) is 19.4 Å². The summed E-state index contributed by atoms with van der Waals surface area (Å²) < 4.78 is 0. The van der Waals surface area contributed by atoms with Crippen molar-refractivity contribution in [2.45, 2.75) is 26.3 Å². The molecule has 1 N–H and O–H groups in total. The highest BCUT2D eigenvalue weighted by atomic mass is 15.2. The summed E-state index contributed by atoms with van der Waals surface area (Å²) in [6, 6.07) is 4.87. The van der Waals surface area contributed by atoms with E-state index >= 15 is 0 Å². The van der Waals surface area contributed by atoms with Crippen LogP contribution in [0.5, 0.6) is 0 Å². The number of piperazine rings is 1. The molecule has 3 heteroatoms. The maximum Gasteiger partial charge on any atom is 0.0300 e. The molecule has 0 aromatic carbocycles. The van der Waals surface area contributed by atoms with Crippen LogP contribution in [0.15, 0.2) is 24.5 Å². The predicted octanol–water partition coefficient (Wildman–Crippen LogP) is 1.55. The summed E-state index contributed by atoms with van der Waals surface area (Å²) in [7, 11) is 0. The van der Waals surface area contributed by atoms with Crippen molar-refractivity contribution in [1.29, 1.82) is 0 Å². The summed E-state index contributed by atoms with van der Waals surface area (Å²) in [5.41, 5.74) is 1.34. The number of nitrogens with zero attached hydrogens (tertiary/aromatic N) is 2. The lowest BCUT2D eigenvalue weighted by Gasteiger charge is -2.38. The van der Waals surface area contributed by atoms with Crippen LogP contribution >= 0.6 is 0 Å². The highest BCUT2D eigenvalue weighted by Gasteiger charge is 2.24. The van der Waals surface area contributed by atoms with E-state index in [-0.39, 0.29) is 0 Å². The van der Waals surface area contributed by atoms with Gasteiger partial charge < -0.3 is 5.32 Å². The molecule has 1 aliphatic rings. The molecule has 0 amide bonds. The molecule has 1 atom stereocenters. The van der Waals surface area contributed by atoms with E-state index in [9.17, 15) is 0 Å². The van der Waals surface area contributed by atoms with Gasteiger partial charge in [-0.05, 0) is 24.0 Å². The Kier molecular flexibility index (Phi) is 4.51. The van der Waals surface area contributed by atoms with Crippen LogP contribution in [0.25, 0.3) is 0 Å². The zero-order valence-corrected chi connectivity index (χ0v) is 10.9. The average Bonchev–Trinajstić information content (AvgIpc) is 2.38. The largest absolute Gasteiger partial charge is 0.314 e. The van der Waals surface area contributed by atoms with Gasteiger partial charge in [-0.1, -0.05) is 19.9 Å². The van der Waals surface area contributed by atoms with Crippen LogP contribution in [0.3, 0.4) is 0 Å². The van der Waals surface area contributed by atoms with Crippen LogP contribution < -0.4 is 5.32 Å². The Morgan fingerprint density at radius 1 is 1.53 bits per heavy atom. The van der Waals surface area contributed by atoms with Crippen LogP contribution in [0.4, 0.5) is 0 Å². The molecule has 94 valence electrons. The first-order valence-electron chi connectivity index (χ1n) is 6.61. The minimum atomic E-state index is 0.681. The number of hydrogen-bond acceptors (Lipinski definition) is 3. The molecular formula is C14H23N3. The van der Waals surface area contributed by atoms with Gasteiger partial charge in [-0.15, -0.1) is 0 Å². The molecule has 0 bridgehead atoms. The molecule has 1 unspecified atom stereocenters. The summed E-state index contributed by atoms with van der Waals surface area (Å²) in [4.78, 5) is 6.79. The van der Waals surface area contributed by atoms with E-state index < -0.39 is 0 Å². The fourth-order valence-corrected chi connectivity index (χ4v) is 2.52. The SMILES string of the molecule is CC(C)C1CNCCN1CCc1cccnc1. The first-order chi connectivity index (χ1) is 8.27. The molecule has 0 aliphatic carbocycles. The van der Waals surface area contributed by atoms with Crippen molar-refractivity contribution in [2.75, 3.05) is 26.2 Å². The highest BCUT2D eigenvalue weighted by Crippen LogP contribution is 2.13. The Morgan fingerprint density at radius 3 is 3.12 bits per heavy atom. The molecule has 2 rings (SSSR count). The Labute approximate surface area is 104 Å². The van der Waals surface area contributed by atoms with Gasteiger partial charge in [0.1, 0.15) is 0 Å². The lowest BCUT2D eigenvalue weighted by Crippen LogP contribution is -2.53. The van der Waals surface area contributed by atoms with Crippen molar-refractivity contribution in [3.63, 3.8) is 0 Å². The quantitative estimate of drug-likeness (QED) is 0.855. The molecule has 0 spiro atoms. The maximum absolute atomic E-state index is 4.17. The van der Waals surface area contributed by atoms with E-state index in [1.54, 1.807) is 0 Å². The topological polar surface area (TPSA) is 28.2 Å². The molecule has 2 heterocycles. The van der Waals surface area contributed by atoms with Gasteiger partial charge in [0.15, 0.2) is 0 Å². The molecule has 3 nitrogen and oxygen atoms in total. The Bertz CT molecular complexity index is 323. The number of rotatable bonds is 4. The lowest BCUT2D eigenvalue weighted by molar-refractivity contribution is 0.126. The highest BCUT2D eigenvalue weighted by molar-refractivity contribution is 5.08. The number of aromatic nitrogens is 1. The third-order valence-electron chi connectivity index (χ3n) is 3.58. The predicted molar refractivity (Wildman–Crippen MR) is 71.0 cm³/mol. The molecule has 1 fully saturated rings. The third-order valence-corrected chi connectivity index (χ3v) is 3.58. The molecule has 1 saturated heterocycles. The Balaban J connectivity index is 1.88. The first-order valence-corrected chi connectivity index (χ1v) is 6.61. The van der Waals surface area contributed by atoms with Crippen LogP contribution in [-0.4, -0.2) is 42.1 Å². The van der Waals surface area contributed by atoms with Crippen molar-refractivity contribution in [1.82, 2.24) is 15.2 Å². The molecule has 1 aromatic heterocycles. The van der Waals surface area contributed by atoms with E-state index in [4.69, 9.17) is 0 Å². The van der Waals surface area contributed by atoms with Gasteiger partial charge >= 0.3 is 0 Å². The second-order valence-corrected chi connectivity index (χ2v) is 5.16. The van der Waals surface area contributed by atoms with Gasteiger partial charge in [0.2, 0.25) is 0 Å². The van der Waals surface area contributed by atoms with Gasteiger partial charge in [-0.3, -0.25) is 9.88 Å². The summed E-state index contributed by atoms with van der Waals surface area (Å²) in [5, 5.41) is 3.49. The molecule has 1 aliphatic heterocycles. The first kappa shape index (κ1) is 12.5. The van der Waals surface area contributed by atoms with Gasteiger partial charge in [0, 0.05) is 44.6 Å². The van der Waals surface area contributed by atoms with E-state index in [1.165, 1.54) is 12.1 Å². The van der Waals surface area contributed by atoms with E-state index in [2.05, 4.69) is 35.1 Å². The van der Waals surface area contributed by atoms with Crippen molar-refractivity contribution in [3.8, 4) is 0 Å². The summed E-state index contributed by atoms with van der Waals surface area (Å²) in [6.45, 7) is 9.20. The van der Waals surface area contributed by atoms with Gasteiger partial charge in [-0.2, -0.15) is 0 Å². The van der Waals surface area contributed by atoms with Crippen LogP contribution in [-0.2, 0) is 6.42 Å². The Hall–Kier alpha value is -0.930. The fraction of sp³-hybridized carbons (Fsp3) is 0.643. The monoisotopic (exact) mass is 233 g/mol. The average molecular weight is 233 g/mol. The maximum atomic E-state index is 4.17. The van der Waals surface area contributed by atoms with Crippen molar-refractivity contribution in [2.24, 2.45) is 5.92 Å². The number of pyridine rings is 1. The van der Waals surface area contributed by atoms with E-state index in [0.717, 1.165) is 32.0 Å². The smallest absolute Gasteiger partial charge is 0.0300 e. The van der Waals surface area contributed by atoms with Crippen LogP contribution in [0.2, 0.25) is 0 Å². The molecular weight excluding hydrogens is 210 g/mol. The van der Waals surface area contributed by atoms with Gasteiger partial charge in [0.25, 0.3) is 0 Å². The zero-order chi connectivity index (χ0) is 12.1. The van der Waals surface area contributed by atoms with Gasteiger partial charge in [0.05, 0.1) is 0 Å².